The lowest BCUT2D eigenvalue weighted by molar-refractivity contribution is 0.102. The summed E-state index contributed by atoms with van der Waals surface area (Å²) >= 11 is 0. The maximum atomic E-state index is 12.8. The largest absolute Gasteiger partial charge is 0.468 e. The molecule has 0 fully saturated rings. The summed E-state index contributed by atoms with van der Waals surface area (Å²) in [5.74, 6) is 0.191. The van der Waals surface area contributed by atoms with Crippen LogP contribution in [-0.2, 0) is 16.6 Å². The quantitative estimate of drug-likeness (QED) is 0.367. The summed E-state index contributed by atoms with van der Waals surface area (Å²) < 4.78 is 34.4. The zero-order valence-electron chi connectivity index (χ0n) is 17.9. The fourth-order valence-corrected chi connectivity index (χ4v) is 4.45. The maximum absolute atomic E-state index is 12.8. The van der Waals surface area contributed by atoms with Gasteiger partial charge in [0.25, 0.3) is 5.91 Å². The number of rotatable bonds is 7. The van der Waals surface area contributed by atoms with Crippen molar-refractivity contribution in [3.05, 3.63) is 109 Å². The van der Waals surface area contributed by atoms with Gasteiger partial charge in [-0.3, -0.25) is 4.79 Å². The molecule has 0 saturated carbocycles. The number of hydrogen-bond acceptors (Lipinski definition) is 5. The van der Waals surface area contributed by atoms with Gasteiger partial charge in [-0.05, 0) is 48.5 Å². The maximum Gasteiger partial charge on any atom is 0.255 e. The molecule has 0 aliphatic heterocycles. The van der Waals surface area contributed by atoms with E-state index >= 15 is 0 Å². The van der Waals surface area contributed by atoms with Crippen molar-refractivity contribution < 1.29 is 17.6 Å². The number of nitrogens with zero attached hydrogens (tertiary/aromatic N) is 2. The minimum Gasteiger partial charge on any atom is -0.468 e. The van der Waals surface area contributed by atoms with E-state index in [0.717, 1.165) is 11.3 Å². The van der Waals surface area contributed by atoms with E-state index in [0.29, 0.717) is 22.7 Å². The van der Waals surface area contributed by atoms with E-state index < -0.39 is 10.0 Å². The van der Waals surface area contributed by atoms with Crippen LogP contribution >= 0.6 is 0 Å². The Bertz CT molecular complexity index is 1540. The Hall–Kier alpha value is -4.21. The standard InChI is InChI=1S/C25H20N4O4S/c30-25(19-12-13-29-17-23(28-24(29)15-19)18-5-2-1-3-6-18)27-20-8-10-22(11-9-20)34(31,32)26-16-21-7-4-14-33-21/h1-15,17,26H,16H2,(H,27,30). The number of carbonyl (C=O) groups excluding carboxylic acids is 1. The van der Waals surface area contributed by atoms with Gasteiger partial charge in [0, 0.05) is 29.2 Å². The Morgan fingerprint density at radius 1 is 0.971 bits per heavy atom. The van der Waals surface area contributed by atoms with E-state index in [1.54, 1.807) is 42.6 Å². The van der Waals surface area contributed by atoms with Crippen LogP contribution in [0.3, 0.4) is 0 Å². The first-order chi connectivity index (χ1) is 16.5. The molecule has 34 heavy (non-hydrogen) atoms. The molecular formula is C25H20N4O4S. The van der Waals surface area contributed by atoms with Gasteiger partial charge in [0.05, 0.1) is 23.4 Å². The number of benzene rings is 2. The van der Waals surface area contributed by atoms with Crippen LogP contribution in [0.5, 0.6) is 0 Å². The van der Waals surface area contributed by atoms with Crippen molar-refractivity contribution in [3.8, 4) is 11.3 Å². The fraction of sp³-hybridized carbons (Fsp3) is 0.0400. The second-order valence-corrected chi connectivity index (χ2v) is 9.32. The van der Waals surface area contributed by atoms with E-state index in [9.17, 15) is 13.2 Å². The Morgan fingerprint density at radius 2 is 1.76 bits per heavy atom. The highest BCUT2D eigenvalue weighted by molar-refractivity contribution is 7.89. The second kappa shape index (κ2) is 8.97. The van der Waals surface area contributed by atoms with Gasteiger partial charge in [-0.15, -0.1) is 0 Å². The van der Waals surface area contributed by atoms with E-state index in [1.807, 2.05) is 40.9 Å². The fourth-order valence-electron chi connectivity index (χ4n) is 3.45. The van der Waals surface area contributed by atoms with Gasteiger partial charge in [-0.1, -0.05) is 30.3 Å². The lowest BCUT2D eigenvalue weighted by atomic mass is 10.2. The van der Waals surface area contributed by atoms with Crippen LogP contribution in [0.15, 0.2) is 107 Å². The minimum atomic E-state index is -3.71. The zero-order chi connectivity index (χ0) is 23.5. The Morgan fingerprint density at radius 3 is 2.50 bits per heavy atom. The minimum absolute atomic E-state index is 0.0516. The monoisotopic (exact) mass is 472 g/mol. The molecule has 0 bridgehead atoms. The SMILES string of the molecule is O=C(Nc1ccc(S(=O)(=O)NCc2ccco2)cc1)c1ccn2cc(-c3ccccc3)nc2c1. The van der Waals surface area contributed by atoms with E-state index in [-0.39, 0.29) is 17.3 Å². The first-order valence-corrected chi connectivity index (χ1v) is 11.9. The summed E-state index contributed by atoms with van der Waals surface area (Å²) in [6.45, 7) is 0.0516. The molecule has 9 heteroatoms. The Labute approximate surface area is 195 Å². The lowest BCUT2D eigenvalue weighted by Gasteiger charge is -2.08. The first-order valence-electron chi connectivity index (χ1n) is 10.5. The number of aromatic nitrogens is 2. The third kappa shape index (κ3) is 4.61. The highest BCUT2D eigenvalue weighted by Crippen LogP contribution is 2.20. The number of fused-ring (bicyclic) bond motifs is 1. The summed E-state index contributed by atoms with van der Waals surface area (Å²) in [7, 11) is -3.71. The molecule has 3 heterocycles. The average molecular weight is 473 g/mol. The number of anilines is 1. The molecule has 0 aliphatic rings. The predicted octanol–water partition coefficient (Wildman–Crippen LogP) is 4.33. The number of pyridine rings is 1. The van der Waals surface area contributed by atoms with Crippen molar-refractivity contribution in [1.82, 2.24) is 14.1 Å². The zero-order valence-corrected chi connectivity index (χ0v) is 18.7. The van der Waals surface area contributed by atoms with Crippen molar-refractivity contribution in [2.24, 2.45) is 0 Å². The summed E-state index contributed by atoms with van der Waals surface area (Å²) in [4.78, 5) is 17.5. The number of amides is 1. The van der Waals surface area contributed by atoms with E-state index in [4.69, 9.17) is 4.42 Å². The molecule has 5 rings (SSSR count). The molecular weight excluding hydrogens is 452 g/mol. The van der Waals surface area contributed by atoms with Crippen molar-refractivity contribution in [1.29, 1.82) is 0 Å². The van der Waals surface area contributed by atoms with Gasteiger partial charge in [0.1, 0.15) is 11.4 Å². The molecule has 2 aromatic carbocycles. The highest BCUT2D eigenvalue weighted by atomic mass is 32.2. The smallest absolute Gasteiger partial charge is 0.255 e. The molecule has 0 saturated heterocycles. The van der Waals surface area contributed by atoms with Gasteiger partial charge in [-0.2, -0.15) is 0 Å². The van der Waals surface area contributed by atoms with Gasteiger partial charge in [0.2, 0.25) is 10.0 Å². The summed E-state index contributed by atoms with van der Waals surface area (Å²) in [6, 6.07) is 22.5. The van der Waals surface area contributed by atoms with Gasteiger partial charge < -0.3 is 14.1 Å². The van der Waals surface area contributed by atoms with E-state index in [2.05, 4.69) is 15.0 Å². The van der Waals surface area contributed by atoms with Crippen LogP contribution in [0.25, 0.3) is 16.9 Å². The molecule has 170 valence electrons. The van der Waals surface area contributed by atoms with Crippen LogP contribution in [0.1, 0.15) is 16.1 Å². The lowest BCUT2D eigenvalue weighted by Crippen LogP contribution is -2.23. The molecule has 1 amide bonds. The van der Waals surface area contributed by atoms with Crippen molar-refractivity contribution >= 4 is 27.3 Å². The van der Waals surface area contributed by atoms with Gasteiger partial charge >= 0.3 is 0 Å². The average Bonchev–Trinajstić information content (AvgIpc) is 3.53. The third-order valence-electron chi connectivity index (χ3n) is 5.23. The number of sulfonamides is 1. The van der Waals surface area contributed by atoms with Gasteiger partial charge in [-0.25, -0.2) is 18.1 Å². The van der Waals surface area contributed by atoms with Crippen LogP contribution in [0.4, 0.5) is 5.69 Å². The topological polar surface area (TPSA) is 106 Å². The summed E-state index contributed by atoms with van der Waals surface area (Å²) in [5.41, 5.74) is 3.37. The number of furan rings is 1. The molecule has 0 aliphatic carbocycles. The summed E-state index contributed by atoms with van der Waals surface area (Å²) in [6.07, 6.45) is 5.17. The van der Waals surface area contributed by atoms with Crippen LogP contribution < -0.4 is 10.0 Å². The Kier molecular flexibility index (Phi) is 5.70. The molecule has 0 radical (unpaired) electrons. The van der Waals surface area contributed by atoms with Crippen molar-refractivity contribution in [3.63, 3.8) is 0 Å². The third-order valence-corrected chi connectivity index (χ3v) is 6.65. The molecule has 8 nitrogen and oxygen atoms in total. The highest BCUT2D eigenvalue weighted by Gasteiger charge is 2.15. The predicted molar refractivity (Wildman–Crippen MR) is 128 cm³/mol. The number of imidazole rings is 1. The molecule has 2 N–H and O–H groups in total. The van der Waals surface area contributed by atoms with Crippen molar-refractivity contribution in [2.75, 3.05) is 5.32 Å². The van der Waals surface area contributed by atoms with Gasteiger partial charge in [0.15, 0.2) is 0 Å². The first kappa shape index (κ1) is 21.6. The number of nitrogens with one attached hydrogen (secondary N) is 2. The Balaban J connectivity index is 1.28. The molecule has 0 unspecified atom stereocenters. The normalized spacial score (nSPS) is 11.5. The molecule has 0 spiro atoms. The summed E-state index contributed by atoms with van der Waals surface area (Å²) in [5, 5.41) is 2.79. The van der Waals surface area contributed by atoms with Crippen LogP contribution in [0.2, 0.25) is 0 Å². The van der Waals surface area contributed by atoms with Crippen LogP contribution in [0, 0.1) is 0 Å². The van der Waals surface area contributed by atoms with E-state index in [1.165, 1.54) is 18.4 Å². The molecule has 0 atom stereocenters. The number of carbonyl (C=O) groups is 1. The second-order valence-electron chi connectivity index (χ2n) is 7.56. The number of hydrogen-bond donors (Lipinski definition) is 2. The van der Waals surface area contributed by atoms with Crippen LogP contribution in [-0.4, -0.2) is 23.7 Å². The van der Waals surface area contributed by atoms with Crippen molar-refractivity contribution in [2.45, 2.75) is 11.4 Å². The molecule has 3 aromatic heterocycles. The molecule has 5 aromatic rings.